The van der Waals surface area contributed by atoms with Gasteiger partial charge < -0.3 is 5.32 Å². The second-order valence-corrected chi connectivity index (χ2v) is 5.94. The van der Waals surface area contributed by atoms with E-state index < -0.39 is 0 Å². The lowest BCUT2D eigenvalue weighted by Gasteiger charge is -2.04. The quantitative estimate of drug-likeness (QED) is 0.558. The number of carbonyl (C=O) groups is 1. The van der Waals surface area contributed by atoms with Gasteiger partial charge in [0.15, 0.2) is 0 Å². The zero-order valence-electron chi connectivity index (χ0n) is 9.94. The summed E-state index contributed by atoms with van der Waals surface area (Å²) in [5, 5.41) is 2.85. The van der Waals surface area contributed by atoms with Gasteiger partial charge in [0.2, 0.25) is 5.91 Å². The summed E-state index contributed by atoms with van der Waals surface area (Å²) in [6.45, 7) is 0. The number of amides is 1. The second kappa shape index (κ2) is 6.86. The Balaban J connectivity index is 2.04. The van der Waals surface area contributed by atoms with Gasteiger partial charge in [0, 0.05) is 14.1 Å². The molecule has 4 heteroatoms. The lowest BCUT2D eigenvalue weighted by molar-refractivity contribution is -0.111. The molecule has 0 bridgehead atoms. The molecule has 0 aliphatic rings. The molecule has 19 heavy (non-hydrogen) atoms. The van der Waals surface area contributed by atoms with Crippen LogP contribution >= 0.6 is 38.5 Å². The van der Waals surface area contributed by atoms with Crippen LogP contribution in [0.3, 0.4) is 0 Å². The molecule has 0 radical (unpaired) electrons. The van der Waals surface area contributed by atoms with Crippen LogP contribution in [0.1, 0.15) is 5.56 Å². The number of benzene rings is 2. The fraction of sp³-hybridized carbons (Fsp3) is 0. The van der Waals surface area contributed by atoms with Crippen molar-refractivity contribution in [2.24, 2.45) is 0 Å². The number of anilines is 1. The number of carbonyl (C=O) groups excluding carboxylic acids is 1. The van der Waals surface area contributed by atoms with Crippen LogP contribution in [0.4, 0.5) is 5.69 Å². The topological polar surface area (TPSA) is 29.1 Å². The van der Waals surface area contributed by atoms with Gasteiger partial charge in [-0.05, 0) is 58.5 Å². The van der Waals surface area contributed by atoms with Gasteiger partial charge in [0.1, 0.15) is 0 Å². The molecule has 2 aromatic rings. The number of halogens is 2. The van der Waals surface area contributed by atoms with Gasteiger partial charge in [-0.25, -0.2) is 0 Å². The van der Waals surface area contributed by atoms with Crippen molar-refractivity contribution in [3.8, 4) is 0 Å². The highest BCUT2D eigenvalue weighted by Crippen LogP contribution is 2.17. The van der Waals surface area contributed by atoms with Gasteiger partial charge in [-0.3, -0.25) is 4.79 Å². The van der Waals surface area contributed by atoms with Crippen molar-refractivity contribution < 1.29 is 4.79 Å². The van der Waals surface area contributed by atoms with Gasteiger partial charge in [-0.15, -0.1) is 0 Å². The molecule has 0 heterocycles. The molecule has 1 amide bonds. The molecule has 0 aliphatic heterocycles. The highest BCUT2D eigenvalue weighted by Gasteiger charge is 2.01. The summed E-state index contributed by atoms with van der Waals surface area (Å²) in [5.74, 6) is -0.135. The number of para-hydroxylation sites is 1. The summed E-state index contributed by atoms with van der Waals surface area (Å²) >= 11 is 5.59. The summed E-state index contributed by atoms with van der Waals surface area (Å²) in [6, 6.07) is 15.5. The van der Waals surface area contributed by atoms with Gasteiger partial charge in [0.25, 0.3) is 0 Å². The third-order valence-electron chi connectivity index (χ3n) is 2.41. The third kappa shape index (κ3) is 4.47. The number of nitrogens with one attached hydrogen (secondary N) is 1. The first-order chi connectivity index (χ1) is 9.15. The largest absolute Gasteiger partial charge is 0.322 e. The van der Waals surface area contributed by atoms with E-state index in [0.29, 0.717) is 0 Å². The molecular weight excluding hydrogens is 417 g/mol. The molecule has 0 aliphatic carbocycles. The first-order valence-electron chi connectivity index (χ1n) is 5.64. The molecule has 0 aromatic heterocycles. The molecule has 1 N–H and O–H groups in total. The highest BCUT2D eigenvalue weighted by molar-refractivity contribution is 14.1. The van der Waals surface area contributed by atoms with Gasteiger partial charge in [0.05, 0.1) is 5.69 Å². The van der Waals surface area contributed by atoms with Crippen molar-refractivity contribution in [2.75, 3.05) is 5.32 Å². The van der Waals surface area contributed by atoms with Crippen LogP contribution in [-0.4, -0.2) is 5.91 Å². The normalized spacial score (nSPS) is 10.6. The van der Waals surface area contributed by atoms with E-state index in [1.54, 1.807) is 6.08 Å². The van der Waals surface area contributed by atoms with Crippen molar-refractivity contribution in [1.29, 1.82) is 0 Å². The van der Waals surface area contributed by atoms with Crippen molar-refractivity contribution in [3.63, 3.8) is 0 Å². The van der Waals surface area contributed by atoms with Crippen molar-refractivity contribution >= 4 is 56.2 Å². The maximum absolute atomic E-state index is 11.8. The standard InChI is InChI=1S/C15H11BrINO/c16-12-5-3-4-11(10-12)8-9-15(19)18-14-7-2-1-6-13(14)17/h1-10H,(H,18,19). The lowest BCUT2D eigenvalue weighted by atomic mass is 10.2. The average Bonchev–Trinajstić information content (AvgIpc) is 2.39. The van der Waals surface area contributed by atoms with E-state index in [4.69, 9.17) is 0 Å². The van der Waals surface area contributed by atoms with Crippen LogP contribution in [0, 0.1) is 3.57 Å². The minimum Gasteiger partial charge on any atom is -0.322 e. The van der Waals surface area contributed by atoms with Crippen LogP contribution in [0.5, 0.6) is 0 Å². The number of hydrogen-bond donors (Lipinski definition) is 1. The molecular formula is C15H11BrINO. The van der Waals surface area contributed by atoms with E-state index in [2.05, 4.69) is 43.8 Å². The molecule has 0 spiro atoms. The zero-order valence-corrected chi connectivity index (χ0v) is 13.7. The van der Waals surface area contributed by atoms with Crippen LogP contribution in [0.25, 0.3) is 6.08 Å². The smallest absolute Gasteiger partial charge is 0.248 e. The molecule has 2 nitrogen and oxygen atoms in total. The lowest BCUT2D eigenvalue weighted by Crippen LogP contribution is -2.08. The SMILES string of the molecule is O=C(C=Cc1cccc(Br)c1)Nc1ccccc1I. The summed E-state index contributed by atoms with van der Waals surface area (Å²) in [6.07, 6.45) is 3.32. The summed E-state index contributed by atoms with van der Waals surface area (Å²) in [7, 11) is 0. The maximum atomic E-state index is 11.8. The van der Waals surface area contributed by atoms with Crippen LogP contribution in [0.2, 0.25) is 0 Å². The van der Waals surface area contributed by atoms with Crippen molar-refractivity contribution in [2.45, 2.75) is 0 Å². The van der Waals surface area contributed by atoms with Crippen LogP contribution in [0.15, 0.2) is 59.1 Å². The van der Waals surface area contributed by atoms with Gasteiger partial charge in [-0.2, -0.15) is 0 Å². The summed E-state index contributed by atoms with van der Waals surface area (Å²) in [4.78, 5) is 11.8. The van der Waals surface area contributed by atoms with E-state index in [9.17, 15) is 4.79 Å². The maximum Gasteiger partial charge on any atom is 0.248 e. The molecule has 0 saturated carbocycles. The van der Waals surface area contributed by atoms with Crippen molar-refractivity contribution in [1.82, 2.24) is 0 Å². The predicted octanol–water partition coefficient (Wildman–Crippen LogP) is 4.71. The Morgan fingerprint density at radius 1 is 1.16 bits per heavy atom. The molecule has 0 saturated heterocycles. The van der Waals surface area contributed by atoms with E-state index >= 15 is 0 Å². The van der Waals surface area contributed by atoms with E-state index in [1.165, 1.54) is 6.08 Å². The Morgan fingerprint density at radius 2 is 1.95 bits per heavy atom. The van der Waals surface area contributed by atoms with Crippen LogP contribution < -0.4 is 5.32 Å². The Kier molecular flexibility index (Phi) is 5.15. The first kappa shape index (κ1) is 14.3. The number of rotatable bonds is 3. The molecule has 0 unspecified atom stereocenters. The average molecular weight is 428 g/mol. The zero-order chi connectivity index (χ0) is 13.7. The fourth-order valence-corrected chi connectivity index (χ4v) is 2.46. The first-order valence-corrected chi connectivity index (χ1v) is 7.51. The number of hydrogen-bond acceptors (Lipinski definition) is 1. The molecule has 2 aromatic carbocycles. The summed E-state index contributed by atoms with van der Waals surface area (Å²) in [5.41, 5.74) is 1.80. The molecule has 2 rings (SSSR count). The third-order valence-corrected chi connectivity index (χ3v) is 3.84. The minimum absolute atomic E-state index is 0.135. The van der Waals surface area contributed by atoms with Crippen LogP contribution in [-0.2, 0) is 4.79 Å². The molecule has 0 atom stereocenters. The fourth-order valence-electron chi connectivity index (χ4n) is 1.52. The minimum atomic E-state index is -0.135. The predicted molar refractivity (Wildman–Crippen MR) is 91.0 cm³/mol. The van der Waals surface area contributed by atoms with Crippen molar-refractivity contribution in [3.05, 3.63) is 68.2 Å². The van der Waals surface area contributed by atoms with Gasteiger partial charge in [-0.1, -0.05) is 40.2 Å². The van der Waals surface area contributed by atoms with E-state index in [0.717, 1.165) is 19.3 Å². The molecule has 0 fully saturated rings. The molecule has 96 valence electrons. The van der Waals surface area contributed by atoms with E-state index in [-0.39, 0.29) is 5.91 Å². The van der Waals surface area contributed by atoms with E-state index in [1.807, 2.05) is 48.5 Å². The Bertz CT molecular complexity index is 625. The summed E-state index contributed by atoms with van der Waals surface area (Å²) < 4.78 is 2.01. The Labute approximate surface area is 134 Å². The second-order valence-electron chi connectivity index (χ2n) is 3.86. The Morgan fingerprint density at radius 3 is 2.68 bits per heavy atom. The highest BCUT2D eigenvalue weighted by atomic mass is 127. The monoisotopic (exact) mass is 427 g/mol. The Hall–Kier alpha value is -1.14. The van der Waals surface area contributed by atoms with Gasteiger partial charge >= 0.3 is 0 Å².